The van der Waals surface area contributed by atoms with Gasteiger partial charge in [-0.1, -0.05) is 394 Å². The highest BCUT2D eigenvalue weighted by molar-refractivity contribution is 7.47. The summed E-state index contributed by atoms with van der Waals surface area (Å²) in [6, 6.07) is 0. The smallest absolute Gasteiger partial charge is 0.462 e. The van der Waals surface area contributed by atoms with Gasteiger partial charge in [0.1, 0.15) is 19.3 Å². The Kier molecular flexibility index (Phi) is 74.4. The molecule has 0 aromatic rings. The first-order valence-corrected chi connectivity index (χ1v) is 46.1. The summed E-state index contributed by atoms with van der Waals surface area (Å²) in [4.78, 5) is 73.0. The first kappa shape index (κ1) is 100. The van der Waals surface area contributed by atoms with Gasteiger partial charge in [-0.15, -0.1) is 0 Å². The van der Waals surface area contributed by atoms with E-state index in [0.29, 0.717) is 25.7 Å². The number of rotatable bonds is 83. The molecule has 0 rings (SSSR count). The maximum absolute atomic E-state index is 13.1. The first-order valence-electron chi connectivity index (χ1n) is 43.1. The molecule has 0 amide bonds. The van der Waals surface area contributed by atoms with Crippen LogP contribution in [0.5, 0.6) is 0 Å². The molecule has 0 bridgehead atoms. The van der Waals surface area contributed by atoms with E-state index in [1.807, 2.05) is 0 Å². The van der Waals surface area contributed by atoms with E-state index in [4.69, 9.17) is 37.0 Å². The SMILES string of the molecule is CCCCCCCCCCCCCCCCCCCCCCCCC(=O)O[C@H](COC(=O)CCCCCCCCCCCCCCCC(C)C)COP(=O)(O)OC[C@@H](O)COP(=O)(O)OC[C@@H](COC(=O)CCCCCCCCCC)OC(=O)CCCCCCCCCCCCCCCCCC. The zero-order chi connectivity index (χ0) is 74.8. The average molecular weight is 1490 g/mol. The molecular weight excluding hydrogens is 1330 g/mol. The van der Waals surface area contributed by atoms with Crippen LogP contribution in [-0.2, 0) is 65.4 Å². The third-order valence-electron chi connectivity index (χ3n) is 19.5. The highest BCUT2D eigenvalue weighted by atomic mass is 31.2. The van der Waals surface area contributed by atoms with Crippen LogP contribution in [0.1, 0.15) is 446 Å². The quantitative estimate of drug-likeness (QED) is 0.0222. The lowest BCUT2D eigenvalue weighted by molar-refractivity contribution is -0.161. The maximum Gasteiger partial charge on any atom is 0.472 e. The molecular formula is C83H162O17P2. The number of hydrogen-bond donors (Lipinski definition) is 3. The van der Waals surface area contributed by atoms with Crippen molar-refractivity contribution in [3.05, 3.63) is 0 Å². The molecule has 2 unspecified atom stereocenters. The molecule has 0 aromatic carbocycles. The molecule has 5 atom stereocenters. The minimum atomic E-state index is -4.96. The van der Waals surface area contributed by atoms with Gasteiger partial charge < -0.3 is 33.8 Å². The van der Waals surface area contributed by atoms with Crippen molar-refractivity contribution in [2.75, 3.05) is 39.6 Å². The lowest BCUT2D eigenvalue weighted by atomic mass is 10.0. The average Bonchev–Trinajstić information content (AvgIpc) is 0.907. The molecule has 102 heavy (non-hydrogen) atoms. The molecule has 0 saturated carbocycles. The van der Waals surface area contributed by atoms with Gasteiger partial charge in [0.25, 0.3) is 0 Å². The molecule has 0 aliphatic heterocycles. The molecule has 17 nitrogen and oxygen atoms in total. The normalized spacial score (nSPS) is 13.8. The monoisotopic (exact) mass is 1490 g/mol. The number of esters is 4. The Hall–Kier alpha value is -1.94. The predicted octanol–water partition coefficient (Wildman–Crippen LogP) is 25.2. The van der Waals surface area contributed by atoms with Crippen molar-refractivity contribution in [1.82, 2.24) is 0 Å². The van der Waals surface area contributed by atoms with E-state index in [-0.39, 0.29) is 25.7 Å². The van der Waals surface area contributed by atoms with Crippen molar-refractivity contribution in [1.29, 1.82) is 0 Å². The summed E-state index contributed by atoms with van der Waals surface area (Å²) in [5.41, 5.74) is 0. The van der Waals surface area contributed by atoms with Crippen LogP contribution in [0.25, 0.3) is 0 Å². The van der Waals surface area contributed by atoms with Gasteiger partial charge in [-0.25, -0.2) is 9.13 Å². The Labute approximate surface area is 626 Å². The molecule has 606 valence electrons. The molecule has 19 heteroatoms. The van der Waals surface area contributed by atoms with E-state index >= 15 is 0 Å². The van der Waals surface area contributed by atoms with Crippen LogP contribution in [-0.4, -0.2) is 96.7 Å². The summed E-state index contributed by atoms with van der Waals surface area (Å²) in [5, 5.41) is 10.6. The molecule has 0 aliphatic carbocycles. The number of hydrogen-bond acceptors (Lipinski definition) is 15. The lowest BCUT2D eigenvalue weighted by Crippen LogP contribution is -2.30. The van der Waals surface area contributed by atoms with Crippen LogP contribution >= 0.6 is 15.6 Å². The van der Waals surface area contributed by atoms with Gasteiger partial charge in [0.05, 0.1) is 26.4 Å². The van der Waals surface area contributed by atoms with Crippen LogP contribution in [0.3, 0.4) is 0 Å². The van der Waals surface area contributed by atoms with Crippen molar-refractivity contribution in [3.8, 4) is 0 Å². The molecule has 0 heterocycles. The molecule has 0 fully saturated rings. The van der Waals surface area contributed by atoms with Crippen molar-refractivity contribution in [2.24, 2.45) is 5.92 Å². The molecule has 3 N–H and O–H groups in total. The third-order valence-corrected chi connectivity index (χ3v) is 21.4. The second kappa shape index (κ2) is 75.9. The summed E-state index contributed by atoms with van der Waals surface area (Å²) < 4.78 is 68.7. The van der Waals surface area contributed by atoms with Crippen molar-refractivity contribution < 1.29 is 80.2 Å². The Morgan fingerprint density at radius 1 is 0.265 bits per heavy atom. The minimum absolute atomic E-state index is 0.109. The van der Waals surface area contributed by atoms with Gasteiger partial charge in [0, 0.05) is 25.7 Å². The number of carbonyl (C=O) groups excluding carboxylic acids is 4. The molecule has 0 radical (unpaired) electrons. The van der Waals surface area contributed by atoms with E-state index in [9.17, 15) is 43.2 Å². The third kappa shape index (κ3) is 76.3. The highest BCUT2D eigenvalue weighted by Crippen LogP contribution is 2.45. The van der Waals surface area contributed by atoms with Crippen molar-refractivity contribution >= 4 is 39.5 Å². The van der Waals surface area contributed by atoms with E-state index in [1.54, 1.807) is 0 Å². The molecule has 0 spiro atoms. The fourth-order valence-corrected chi connectivity index (χ4v) is 14.5. The topological polar surface area (TPSA) is 237 Å². The van der Waals surface area contributed by atoms with Crippen LogP contribution in [0.4, 0.5) is 0 Å². The number of phosphoric acid groups is 2. The first-order chi connectivity index (χ1) is 49.5. The fourth-order valence-electron chi connectivity index (χ4n) is 12.9. The summed E-state index contributed by atoms with van der Waals surface area (Å²) in [6.45, 7) is 7.33. The number of ether oxygens (including phenoxy) is 4. The molecule has 0 aliphatic rings. The van der Waals surface area contributed by atoms with Crippen molar-refractivity contribution in [3.63, 3.8) is 0 Å². The highest BCUT2D eigenvalue weighted by Gasteiger charge is 2.30. The van der Waals surface area contributed by atoms with Crippen LogP contribution < -0.4 is 0 Å². The van der Waals surface area contributed by atoms with Gasteiger partial charge in [-0.2, -0.15) is 0 Å². The second-order valence-electron chi connectivity index (χ2n) is 30.3. The number of phosphoric ester groups is 2. The number of aliphatic hydroxyl groups excluding tert-OH is 1. The van der Waals surface area contributed by atoms with E-state index in [1.165, 1.54) is 270 Å². The van der Waals surface area contributed by atoms with Gasteiger partial charge in [0.15, 0.2) is 12.2 Å². The van der Waals surface area contributed by atoms with E-state index < -0.39 is 97.5 Å². The lowest BCUT2D eigenvalue weighted by Gasteiger charge is -2.21. The summed E-state index contributed by atoms with van der Waals surface area (Å²) in [7, 11) is -9.92. The van der Waals surface area contributed by atoms with Gasteiger partial charge in [-0.3, -0.25) is 37.3 Å². The van der Waals surface area contributed by atoms with E-state index in [2.05, 4.69) is 34.6 Å². The number of unbranched alkanes of at least 4 members (excludes halogenated alkanes) is 55. The number of aliphatic hydroxyl groups is 1. The van der Waals surface area contributed by atoms with Gasteiger partial charge >= 0.3 is 39.5 Å². The summed E-state index contributed by atoms with van der Waals surface area (Å²) >= 11 is 0. The number of carbonyl (C=O) groups is 4. The van der Waals surface area contributed by atoms with Crippen molar-refractivity contribution in [2.45, 2.75) is 464 Å². The Balaban J connectivity index is 5.18. The maximum atomic E-state index is 13.1. The predicted molar refractivity (Wildman–Crippen MR) is 418 cm³/mol. The fraction of sp³-hybridized carbons (Fsp3) is 0.952. The zero-order valence-corrected chi connectivity index (χ0v) is 68.5. The molecule has 0 saturated heterocycles. The van der Waals surface area contributed by atoms with Crippen LogP contribution in [0, 0.1) is 5.92 Å². The Bertz CT molecular complexity index is 1940. The largest absolute Gasteiger partial charge is 0.472 e. The van der Waals surface area contributed by atoms with Gasteiger partial charge in [-0.05, 0) is 31.6 Å². The Morgan fingerprint density at radius 3 is 0.667 bits per heavy atom. The minimum Gasteiger partial charge on any atom is -0.462 e. The summed E-state index contributed by atoms with van der Waals surface area (Å²) in [5.74, 6) is -1.32. The molecule has 0 aromatic heterocycles. The van der Waals surface area contributed by atoms with Crippen LogP contribution in [0.15, 0.2) is 0 Å². The van der Waals surface area contributed by atoms with Gasteiger partial charge in [0.2, 0.25) is 0 Å². The van der Waals surface area contributed by atoms with E-state index in [0.717, 1.165) is 95.8 Å². The standard InChI is InChI=1S/C83H162O17P2/c1-6-9-12-15-18-21-23-25-27-29-30-31-32-33-34-36-40-45-49-54-59-64-69-83(88)100-79(73-94-81(86)67-62-57-52-47-43-41-37-38-42-46-50-55-60-65-76(4)5)75-98-102(91,92)96-71-77(84)70-95-101(89,90)97-74-78(72-93-80(85)66-61-56-51-20-17-14-11-8-3)99-82(87)68-63-58-53-48-44-39-35-28-26-24-22-19-16-13-10-7-2/h76-79,84H,6-75H2,1-5H3,(H,89,90)(H,91,92)/t77-,78+,79+/m0/s1. The zero-order valence-electron chi connectivity index (χ0n) is 66.8. The Morgan fingerprint density at radius 2 is 0.451 bits per heavy atom. The van der Waals surface area contributed by atoms with Crippen LogP contribution in [0.2, 0.25) is 0 Å². The summed E-state index contributed by atoms with van der Waals surface area (Å²) in [6.07, 6.45) is 68.2. The second-order valence-corrected chi connectivity index (χ2v) is 33.3.